The van der Waals surface area contributed by atoms with Gasteiger partial charge < -0.3 is 14.8 Å². The third-order valence-electron chi connectivity index (χ3n) is 3.36. The Labute approximate surface area is 102 Å². The van der Waals surface area contributed by atoms with E-state index in [-0.39, 0.29) is 11.7 Å². The van der Waals surface area contributed by atoms with Crippen LogP contribution in [0.2, 0.25) is 0 Å². The molecule has 1 aromatic rings. The maximum absolute atomic E-state index is 6.02. The van der Waals surface area contributed by atoms with Crippen LogP contribution < -0.4 is 14.8 Å². The van der Waals surface area contributed by atoms with E-state index in [1.807, 2.05) is 6.07 Å². The molecule has 92 valence electrons. The molecular weight excluding hydrogens is 214 g/mol. The Balaban J connectivity index is 1.84. The molecule has 0 aliphatic carbocycles. The molecule has 0 bridgehead atoms. The first-order valence-electron chi connectivity index (χ1n) is 6.32. The van der Waals surface area contributed by atoms with Gasteiger partial charge in [-0.05, 0) is 32.9 Å². The second-order valence-electron chi connectivity index (χ2n) is 5.52. The summed E-state index contributed by atoms with van der Waals surface area (Å²) in [5.74, 6) is 1.85. The third-order valence-corrected chi connectivity index (χ3v) is 3.36. The summed E-state index contributed by atoms with van der Waals surface area (Å²) < 4.78 is 12.0. The van der Waals surface area contributed by atoms with Gasteiger partial charge in [0.1, 0.15) is 11.7 Å². The van der Waals surface area contributed by atoms with Crippen molar-refractivity contribution in [1.82, 2.24) is 5.32 Å². The molecule has 1 unspecified atom stereocenters. The highest BCUT2D eigenvalue weighted by atomic mass is 16.5. The maximum Gasteiger partial charge on any atom is 0.165 e. The fourth-order valence-corrected chi connectivity index (χ4v) is 2.59. The van der Waals surface area contributed by atoms with Crippen molar-refractivity contribution < 1.29 is 9.47 Å². The van der Waals surface area contributed by atoms with E-state index in [2.05, 4.69) is 31.3 Å². The monoisotopic (exact) mass is 233 g/mol. The van der Waals surface area contributed by atoms with Gasteiger partial charge in [0.25, 0.3) is 0 Å². The van der Waals surface area contributed by atoms with Gasteiger partial charge in [0.2, 0.25) is 0 Å². The van der Waals surface area contributed by atoms with Crippen LogP contribution in [0.25, 0.3) is 0 Å². The Hall–Kier alpha value is -1.22. The fourth-order valence-electron chi connectivity index (χ4n) is 2.59. The first-order chi connectivity index (χ1) is 8.14. The molecule has 3 nitrogen and oxygen atoms in total. The standard InChI is InChI=1S/C14H19NO2/c1-14(2)8-10-4-3-5-12(13(10)17-14)16-11-6-7-15-9-11/h3-5,11,15H,6-9H2,1-2H3. The van der Waals surface area contributed by atoms with Crippen molar-refractivity contribution in [2.75, 3.05) is 13.1 Å². The summed E-state index contributed by atoms with van der Waals surface area (Å²) in [6.45, 7) is 6.22. The SMILES string of the molecule is CC1(C)Cc2cccc(OC3CCNC3)c2O1. The van der Waals surface area contributed by atoms with Crippen molar-refractivity contribution in [3.05, 3.63) is 23.8 Å². The van der Waals surface area contributed by atoms with Gasteiger partial charge in [0.05, 0.1) is 0 Å². The van der Waals surface area contributed by atoms with Crippen LogP contribution in [0.15, 0.2) is 18.2 Å². The lowest BCUT2D eigenvalue weighted by atomic mass is 10.0. The summed E-state index contributed by atoms with van der Waals surface area (Å²) in [7, 11) is 0. The first kappa shape index (κ1) is 10.9. The molecular formula is C14H19NO2. The zero-order valence-electron chi connectivity index (χ0n) is 10.5. The van der Waals surface area contributed by atoms with Gasteiger partial charge in [-0.15, -0.1) is 0 Å². The predicted octanol–water partition coefficient (Wildman–Crippen LogP) is 2.14. The van der Waals surface area contributed by atoms with Crippen LogP contribution >= 0.6 is 0 Å². The highest BCUT2D eigenvalue weighted by Crippen LogP contribution is 2.42. The number of ether oxygens (including phenoxy) is 2. The number of benzene rings is 1. The quantitative estimate of drug-likeness (QED) is 0.849. The first-order valence-corrected chi connectivity index (χ1v) is 6.32. The van der Waals surface area contributed by atoms with Gasteiger partial charge >= 0.3 is 0 Å². The maximum atomic E-state index is 6.02. The smallest absolute Gasteiger partial charge is 0.165 e. The molecule has 0 amide bonds. The van der Waals surface area contributed by atoms with Gasteiger partial charge in [-0.3, -0.25) is 0 Å². The summed E-state index contributed by atoms with van der Waals surface area (Å²) in [5.41, 5.74) is 1.16. The van der Waals surface area contributed by atoms with E-state index in [1.165, 1.54) is 5.56 Å². The number of fused-ring (bicyclic) bond motifs is 1. The molecule has 1 aromatic carbocycles. The number of rotatable bonds is 2. The Morgan fingerprint density at radius 2 is 2.29 bits per heavy atom. The lowest BCUT2D eigenvalue weighted by molar-refractivity contribution is 0.127. The molecule has 1 fully saturated rings. The van der Waals surface area contributed by atoms with E-state index in [0.29, 0.717) is 0 Å². The van der Waals surface area contributed by atoms with Gasteiger partial charge in [0.15, 0.2) is 11.5 Å². The van der Waals surface area contributed by atoms with Crippen LogP contribution in [0.5, 0.6) is 11.5 Å². The van der Waals surface area contributed by atoms with E-state index in [4.69, 9.17) is 9.47 Å². The van der Waals surface area contributed by atoms with Gasteiger partial charge in [-0.2, -0.15) is 0 Å². The molecule has 3 heteroatoms. The second-order valence-corrected chi connectivity index (χ2v) is 5.52. The Bertz CT molecular complexity index is 422. The molecule has 2 aliphatic heterocycles. The molecule has 17 heavy (non-hydrogen) atoms. The number of hydrogen-bond donors (Lipinski definition) is 1. The molecule has 1 atom stereocenters. The van der Waals surface area contributed by atoms with Crippen molar-refractivity contribution in [3.8, 4) is 11.5 Å². The van der Waals surface area contributed by atoms with Crippen LogP contribution in [-0.4, -0.2) is 24.8 Å². The van der Waals surface area contributed by atoms with Crippen LogP contribution in [-0.2, 0) is 6.42 Å². The Morgan fingerprint density at radius 3 is 3.06 bits per heavy atom. The minimum Gasteiger partial charge on any atom is -0.485 e. The van der Waals surface area contributed by atoms with Crippen LogP contribution in [0.4, 0.5) is 0 Å². The van der Waals surface area contributed by atoms with Gasteiger partial charge in [0, 0.05) is 18.5 Å². The normalized spacial score (nSPS) is 25.4. The lowest BCUT2D eigenvalue weighted by Gasteiger charge is -2.19. The molecule has 0 saturated carbocycles. The van der Waals surface area contributed by atoms with Crippen molar-refractivity contribution >= 4 is 0 Å². The van der Waals surface area contributed by atoms with Crippen molar-refractivity contribution in [2.45, 2.75) is 38.4 Å². The average molecular weight is 233 g/mol. The summed E-state index contributed by atoms with van der Waals surface area (Å²) in [5, 5.41) is 3.31. The molecule has 2 aliphatic rings. The van der Waals surface area contributed by atoms with E-state index in [1.54, 1.807) is 0 Å². The highest BCUT2D eigenvalue weighted by Gasteiger charge is 2.32. The summed E-state index contributed by atoms with van der Waals surface area (Å²) >= 11 is 0. The predicted molar refractivity (Wildman–Crippen MR) is 66.8 cm³/mol. The lowest BCUT2D eigenvalue weighted by Crippen LogP contribution is -2.25. The number of nitrogens with one attached hydrogen (secondary N) is 1. The van der Waals surface area contributed by atoms with Crippen molar-refractivity contribution in [2.24, 2.45) is 0 Å². The van der Waals surface area contributed by atoms with Crippen molar-refractivity contribution in [1.29, 1.82) is 0 Å². The molecule has 1 saturated heterocycles. The largest absolute Gasteiger partial charge is 0.485 e. The van der Waals surface area contributed by atoms with Gasteiger partial charge in [-0.1, -0.05) is 12.1 Å². The zero-order chi connectivity index (χ0) is 11.9. The topological polar surface area (TPSA) is 30.5 Å². The molecule has 1 N–H and O–H groups in total. The van der Waals surface area contributed by atoms with Crippen LogP contribution in [0.3, 0.4) is 0 Å². The van der Waals surface area contributed by atoms with E-state index < -0.39 is 0 Å². The molecule has 0 radical (unpaired) electrons. The number of para-hydroxylation sites is 1. The minimum atomic E-state index is -0.101. The fraction of sp³-hybridized carbons (Fsp3) is 0.571. The van der Waals surface area contributed by atoms with Gasteiger partial charge in [-0.25, -0.2) is 0 Å². The minimum absolute atomic E-state index is 0.101. The summed E-state index contributed by atoms with van der Waals surface area (Å²) in [4.78, 5) is 0. The second kappa shape index (κ2) is 3.91. The Kier molecular flexibility index (Phi) is 2.51. The van der Waals surface area contributed by atoms with E-state index >= 15 is 0 Å². The zero-order valence-corrected chi connectivity index (χ0v) is 10.5. The summed E-state index contributed by atoms with van der Waals surface area (Å²) in [6, 6.07) is 6.20. The molecule has 3 rings (SSSR count). The number of hydrogen-bond acceptors (Lipinski definition) is 3. The van der Waals surface area contributed by atoms with E-state index in [0.717, 1.165) is 37.4 Å². The molecule has 0 aromatic heterocycles. The molecule has 2 heterocycles. The molecule has 0 spiro atoms. The average Bonchev–Trinajstić information content (AvgIpc) is 2.84. The third kappa shape index (κ3) is 2.12. The van der Waals surface area contributed by atoms with Crippen LogP contribution in [0, 0.1) is 0 Å². The highest BCUT2D eigenvalue weighted by molar-refractivity contribution is 5.50. The summed E-state index contributed by atoms with van der Waals surface area (Å²) in [6.07, 6.45) is 2.32. The Morgan fingerprint density at radius 1 is 1.41 bits per heavy atom. The van der Waals surface area contributed by atoms with E-state index in [9.17, 15) is 0 Å². The van der Waals surface area contributed by atoms with Crippen molar-refractivity contribution in [3.63, 3.8) is 0 Å². The van der Waals surface area contributed by atoms with Crippen LogP contribution in [0.1, 0.15) is 25.8 Å².